The van der Waals surface area contributed by atoms with E-state index in [-0.39, 0.29) is 24.0 Å². The minimum Gasteiger partial charge on any atom is -0.458 e. The maximum Gasteiger partial charge on any atom is 0.514 e. The van der Waals surface area contributed by atoms with E-state index in [2.05, 4.69) is 0 Å². The van der Waals surface area contributed by atoms with Gasteiger partial charge in [-0.15, -0.1) is 0 Å². The molecule has 0 aliphatic heterocycles. The Kier molecular flexibility index (Phi) is 13.6. The lowest BCUT2D eigenvalue weighted by atomic mass is 10.1. The fraction of sp³-hybridized carbons (Fsp3) is 0.467. The number of hydrogen-bond acceptors (Lipinski definition) is 12. The molecule has 42 heavy (non-hydrogen) atoms. The predicted molar refractivity (Wildman–Crippen MR) is 150 cm³/mol. The van der Waals surface area contributed by atoms with Gasteiger partial charge in [0.2, 0.25) is 0 Å². The van der Waals surface area contributed by atoms with Gasteiger partial charge in [0.1, 0.15) is 36.2 Å². The van der Waals surface area contributed by atoms with Gasteiger partial charge in [0.25, 0.3) is 0 Å². The van der Waals surface area contributed by atoms with Crippen LogP contribution in [-0.2, 0) is 30.2 Å². The van der Waals surface area contributed by atoms with Gasteiger partial charge >= 0.3 is 24.4 Å². The number of para-hydroxylation sites is 1. The zero-order valence-corrected chi connectivity index (χ0v) is 24.7. The van der Waals surface area contributed by atoms with Crippen LogP contribution in [0.3, 0.4) is 0 Å². The molecule has 5 atom stereocenters. The quantitative estimate of drug-likeness (QED) is 0.172. The van der Waals surface area contributed by atoms with Crippen LogP contribution in [0.2, 0.25) is 0 Å². The first-order valence-electron chi connectivity index (χ1n) is 13.7. The van der Waals surface area contributed by atoms with Crippen molar-refractivity contribution in [2.24, 2.45) is 5.73 Å². The van der Waals surface area contributed by atoms with Crippen LogP contribution in [0, 0.1) is 0 Å². The average molecular weight is 590 g/mol. The van der Waals surface area contributed by atoms with Gasteiger partial charge in [-0.25, -0.2) is 14.4 Å². The SMILES string of the molecule is CCC(C)OC(=O)Oc1ccc(C[C@H](N)C(=O)O[C@@H](C)[C@H](C)OC(=O)Oc2ccccc2)cc1OC(=O)OC(C)CC. The van der Waals surface area contributed by atoms with E-state index in [0.717, 1.165) is 0 Å². The van der Waals surface area contributed by atoms with E-state index in [4.69, 9.17) is 38.9 Å². The predicted octanol–water partition coefficient (Wildman–Crippen LogP) is 5.72. The Morgan fingerprint density at radius 3 is 1.76 bits per heavy atom. The Bertz CT molecular complexity index is 1190. The van der Waals surface area contributed by atoms with Crippen molar-refractivity contribution >= 4 is 24.4 Å². The molecule has 2 rings (SSSR count). The van der Waals surface area contributed by atoms with Crippen molar-refractivity contribution in [3.05, 3.63) is 54.1 Å². The topological polar surface area (TPSA) is 159 Å². The van der Waals surface area contributed by atoms with E-state index in [1.165, 1.54) is 12.1 Å². The van der Waals surface area contributed by atoms with Gasteiger partial charge in [-0.3, -0.25) is 4.79 Å². The largest absolute Gasteiger partial charge is 0.514 e. The standard InChI is InChI=1S/C30H39NO11/c1-7-18(3)36-28(33)41-25-15-14-22(17-26(25)42-29(34)37-19(4)8-2)16-24(31)27(32)38-20(5)21(6)39-30(35)40-23-12-10-9-11-13-23/h9-15,17-21,24H,7-8,16,31H2,1-6H3/t18?,19?,20-,21-,24-/m0/s1. The molecule has 2 unspecified atom stereocenters. The third-order valence-corrected chi connectivity index (χ3v) is 6.09. The van der Waals surface area contributed by atoms with E-state index in [9.17, 15) is 19.2 Å². The monoisotopic (exact) mass is 589 g/mol. The highest BCUT2D eigenvalue weighted by Gasteiger charge is 2.26. The lowest BCUT2D eigenvalue weighted by Gasteiger charge is -2.22. The smallest absolute Gasteiger partial charge is 0.458 e. The summed E-state index contributed by atoms with van der Waals surface area (Å²) in [6.45, 7) is 10.2. The molecule has 0 radical (unpaired) electrons. The van der Waals surface area contributed by atoms with Gasteiger partial charge in [-0.05, 0) is 76.8 Å². The molecular formula is C30H39NO11. The Hall–Kier alpha value is -4.32. The summed E-state index contributed by atoms with van der Waals surface area (Å²) in [6, 6.07) is 11.6. The molecule has 0 saturated carbocycles. The zero-order valence-electron chi connectivity index (χ0n) is 24.7. The highest BCUT2D eigenvalue weighted by Crippen LogP contribution is 2.30. The minimum absolute atomic E-state index is 0.0226. The van der Waals surface area contributed by atoms with Crippen molar-refractivity contribution in [2.75, 3.05) is 0 Å². The first-order chi connectivity index (χ1) is 19.9. The summed E-state index contributed by atoms with van der Waals surface area (Å²) < 4.78 is 36.5. The summed E-state index contributed by atoms with van der Waals surface area (Å²) in [5, 5.41) is 0. The molecule has 0 spiro atoms. The summed E-state index contributed by atoms with van der Waals surface area (Å²) in [5.41, 5.74) is 6.55. The van der Waals surface area contributed by atoms with Crippen LogP contribution >= 0.6 is 0 Å². The van der Waals surface area contributed by atoms with Crippen molar-refractivity contribution in [3.8, 4) is 17.2 Å². The molecule has 2 aromatic carbocycles. The molecule has 0 aliphatic rings. The number of benzene rings is 2. The van der Waals surface area contributed by atoms with Crippen LogP contribution in [0.1, 0.15) is 59.9 Å². The van der Waals surface area contributed by atoms with Crippen LogP contribution in [0.25, 0.3) is 0 Å². The molecule has 0 saturated heterocycles. The van der Waals surface area contributed by atoms with Crippen molar-refractivity contribution < 1.29 is 52.3 Å². The van der Waals surface area contributed by atoms with Crippen LogP contribution < -0.4 is 19.9 Å². The molecule has 0 bridgehead atoms. The normalized spacial score (nSPS) is 14.3. The van der Waals surface area contributed by atoms with E-state index < -0.39 is 48.8 Å². The molecule has 0 aromatic heterocycles. The lowest BCUT2D eigenvalue weighted by Crippen LogP contribution is -2.39. The summed E-state index contributed by atoms with van der Waals surface area (Å²) in [6.07, 6.45) is -4.27. The zero-order chi connectivity index (χ0) is 31.2. The van der Waals surface area contributed by atoms with E-state index in [1.54, 1.807) is 64.1 Å². The fourth-order valence-corrected chi connectivity index (χ4v) is 3.13. The average Bonchev–Trinajstić information content (AvgIpc) is 2.94. The molecule has 12 heteroatoms. The second-order valence-electron chi connectivity index (χ2n) is 9.60. The van der Waals surface area contributed by atoms with E-state index in [1.807, 2.05) is 13.8 Å². The van der Waals surface area contributed by atoms with Crippen LogP contribution in [0.15, 0.2) is 48.5 Å². The van der Waals surface area contributed by atoms with Gasteiger partial charge in [0, 0.05) is 0 Å². The molecule has 0 fully saturated rings. The van der Waals surface area contributed by atoms with Crippen LogP contribution in [0.5, 0.6) is 17.2 Å². The van der Waals surface area contributed by atoms with E-state index >= 15 is 0 Å². The van der Waals surface area contributed by atoms with Crippen molar-refractivity contribution in [1.82, 2.24) is 0 Å². The molecule has 230 valence electrons. The number of carbonyl (C=O) groups excluding carboxylic acids is 4. The maximum absolute atomic E-state index is 12.7. The van der Waals surface area contributed by atoms with Gasteiger partial charge < -0.3 is 38.9 Å². The number of carbonyl (C=O) groups is 4. The van der Waals surface area contributed by atoms with Gasteiger partial charge in [0.15, 0.2) is 11.5 Å². The highest BCUT2D eigenvalue weighted by molar-refractivity contribution is 5.76. The Morgan fingerprint density at radius 1 is 0.667 bits per heavy atom. The fourth-order valence-electron chi connectivity index (χ4n) is 3.13. The lowest BCUT2D eigenvalue weighted by molar-refractivity contribution is -0.155. The second kappa shape index (κ2) is 16.8. The van der Waals surface area contributed by atoms with Crippen molar-refractivity contribution in [1.29, 1.82) is 0 Å². The first kappa shape index (κ1) is 33.9. The molecule has 2 aromatic rings. The summed E-state index contributed by atoms with van der Waals surface area (Å²) in [5.74, 6) is -0.673. The van der Waals surface area contributed by atoms with Crippen LogP contribution in [-0.4, -0.2) is 54.9 Å². The molecule has 0 heterocycles. The van der Waals surface area contributed by atoms with Crippen molar-refractivity contribution in [2.45, 2.75) is 91.3 Å². The van der Waals surface area contributed by atoms with E-state index in [0.29, 0.717) is 24.2 Å². The Balaban J connectivity index is 2.04. The Labute approximate surface area is 245 Å². The Morgan fingerprint density at radius 2 is 1.19 bits per heavy atom. The molecule has 0 amide bonds. The van der Waals surface area contributed by atoms with Gasteiger partial charge in [0.05, 0.1) is 0 Å². The van der Waals surface area contributed by atoms with Crippen LogP contribution in [0.4, 0.5) is 14.4 Å². The number of esters is 1. The molecule has 2 N–H and O–H groups in total. The molecule has 0 aliphatic carbocycles. The number of rotatable bonds is 13. The second-order valence-corrected chi connectivity index (χ2v) is 9.60. The third-order valence-electron chi connectivity index (χ3n) is 6.09. The highest BCUT2D eigenvalue weighted by atomic mass is 16.8. The third kappa shape index (κ3) is 11.7. The molecule has 12 nitrogen and oxygen atoms in total. The van der Waals surface area contributed by atoms with Gasteiger partial charge in [-0.1, -0.05) is 38.1 Å². The van der Waals surface area contributed by atoms with Gasteiger partial charge in [-0.2, -0.15) is 0 Å². The molecular weight excluding hydrogens is 550 g/mol. The summed E-state index contributed by atoms with van der Waals surface area (Å²) in [7, 11) is 0. The minimum atomic E-state index is -1.13. The first-order valence-corrected chi connectivity index (χ1v) is 13.7. The summed E-state index contributed by atoms with van der Waals surface area (Å²) in [4.78, 5) is 49.2. The number of nitrogens with two attached hydrogens (primary N) is 1. The number of ether oxygens (including phenoxy) is 7. The summed E-state index contributed by atoms with van der Waals surface area (Å²) >= 11 is 0. The number of hydrogen-bond donors (Lipinski definition) is 1. The van der Waals surface area contributed by atoms with Crippen molar-refractivity contribution in [3.63, 3.8) is 0 Å². The maximum atomic E-state index is 12.7.